The van der Waals surface area contributed by atoms with Crippen molar-refractivity contribution in [2.75, 3.05) is 13.1 Å². The van der Waals surface area contributed by atoms with Crippen molar-refractivity contribution < 1.29 is 9.59 Å². The molecular weight excluding hydrogens is 290 g/mol. The molecule has 0 aromatic heterocycles. The number of benzene rings is 1. The van der Waals surface area contributed by atoms with E-state index in [0.717, 1.165) is 38.9 Å². The monoisotopic (exact) mass is 313 g/mol. The van der Waals surface area contributed by atoms with Crippen LogP contribution in [0, 0.1) is 5.41 Å². The highest BCUT2D eigenvalue weighted by molar-refractivity contribution is 5.94. The quantitative estimate of drug-likeness (QED) is 0.873. The molecule has 1 aromatic carbocycles. The van der Waals surface area contributed by atoms with Crippen LogP contribution in [0.4, 0.5) is 0 Å². The van der Waals surface area contributed by atoms with Crippen LogP contribution >= 0.6 is 0 Å². The molecule has 2 heterocycles. The van der Waals surface area contributed by atoms with Gasteiger partial charge in [0.1, 0.15) is 6.04 Å². The number of nitrogens with zero attached hydrogens (tertiary/aromatic N) is 1. The molecule has 2 N–H and O–H groups in total. The van der Waals surface area contributed by atoms with E-state index in [9.17, 15) is 9.59 Å². The van der Waals surface area contributed by atoms with E-state index < -0.39 is 0 Å². The predicted octanol–water partition coefficient (Wildman–Crippen LogP) is 1.05. The molecule has 1 aromatic rings. The van der Waals surface area contributed by atoms with Crippen molar-refractivity contribution in [2.24, 2.45) is 5.41 Å². The number of nitrogens with one attached hydrogen (secondary N) is 2. The van der Waals surface area contributed by atoms with Crippen LogP contribution < -0.4 is 10.6 Å². The smallest absolute Gasteiger partial charge is 0.242 e. The summed E-state index contributed by atoms with van der Waals surface area (Å²) >= 11 is 0. The molecule has 2 atom stereocenters. The Balaban J connectivity index is 1.39. The molecule has 23 heavy (non-hydrogen) atoms. The second-order valence-corrected chi connectivity index (χ2v) is 7.24. The van der Waals surface area contributed by atoms with E-state index in [1.54, 1.807) is 0 Å². The van der Waals surface area contributed by atoms with Gasteiger partial charge in [-0.25, -0.2) is 0 Å². The zero-order chi connectivity index (χ0) is 15.9. The number of carbonyl (C=O) groups is 2. The first-order chi connectivity index (χ1) is 11.1. The second kappa shape index (κ2) is 5.64. The Hall–Kier alpha value is -1.88. The molecule has 0 radical (unpaired) electrons. The zero-order valence-corrected chi connectivity index (χ0v) is 13.3. The average molecular weight is 313 g/mol. The predicted molar refractivity (Wildman–Crippen MR) is 86.5 cm³/mol. The molecule has 3 fully saturated rings. The Morgan fingerprint density at radius 3 is 2.83 bits per heavy atom. The summed E-state index contributed by atoms with van der Waals surface area (Å²) in [4.78, 5) is 27.0. The highest BCUT2D eigenvalue weighted by atomic mass is 16.2. The van der Waals surface area contributed by atoms with Crippen LogP contribution in [0.1, 0.15) is 31.2 Å². The third-order valence-electron chi connectivity index (χ3n) is 5.30. The van der Waals surface area contributed by atoms with Gasteiger partial charge < -0.3 is 10.6 Å². The van der Waals surface area contributed by atoms with Crippen molar-refractivity contribution in [1.82, 2.24) is 15.5 Å². The Morgan fingerprint density at radius 1 is 1.30 bits per heavy atom. The van der Waals surface area contributed by atoms with E-state index in [4.69, 9.17) is 0 Å². The van der Waals surface area contributed by atoms with Crippen LogP contribution in [-0.2, 0) is 16.1 Å². The summed E-state index contributed by atoms with van der Waals surface area (Å²) in [6.07, 6.45) is 3.62. The minimum Gasteiger partial charge on any atom is -0.352 e. The summed E-state index contributed by atoms with van der Waals surface area (Å²) in [6.45, 7) is 2.54. The van der Waals surface area contributed by atoms with Crippen LogP contribution in [-0.4, -0.2) is 41.9 Å². The third kappa shape index (κ3) is 2.98. The molecule has 2 amide bonds. The highest BCUT2D eigenvalue weighted by Gasteiger charge is 2.52. The lowest BCUT2D eigenvalue weighted by Crippen LogP contribution is -2.42. The van der Waals surface area contributed by atoms with Gasteiger partial charge in [0.05, 0.1) is 5.41 Å². The summed E-state index contributed by atoms with van der Waals surface area (Å²) in [7, 11) is 0. The van der Waals surface area contributed by atoms with Gasteiger partial charge in [-0.3, -0.25) is 14.5 Å². The van der Waals surface area contributed by atoms with E-state index in [0.29, 0.717) is 12.5 Å². The molecule has 5 heteroatoms. The van der Waals surface area contributed by atoms with E-state index in [-0.39, 0.29) is 23.3 Å². The van der Waals surface area contributed by atoms with Crippen molar-refractivity contribution in [2.45, 2.75) is 44.3 Å². The number of carbonyl (C=O) groups excluding carboxylic acids is 2. The van der Waals surface area contributed by atoms with E-state index in [2.05, 4.69) is 27.7 Å². The zero-order valence-electron chi connectivity index (χ0n) is 13.3. The van der Waals surface area contributed by atoms with Crippen LogP contribution in [0.2, 0.25) is 0 Å². The van der Waals surface area contributed by atoms with Gasteiger partial charge in [0, 0.05) is 19.1 Å². The fourth-order valence-electron chi connectivity index (χ4n) is 3.82. The first-order valence-corrected chi connectivity index (χ1v) is 8.52. The Kier molecular flexibility index (Phi) is 3.60. The Labute approximate surface area is 136 Å². The number of hydrogen-bond acceptors (Lipinski definition) is 3. The largest absolute Gasteiger partial charge is 0.352 e. The molecule has 0 bridgehead atoms. The van der Waals surface area contributed by atoms with Gasteiger partial charge in [-0.2, -0.15) is 0 Å². The van der Waals surface area contributed by atoms with Gasteiger partial charge in [0.2, 0.25) is 11.8 Å². The van der Waals surface area contributed by atoms with Gasteiger partial charge in [-0.1, -0.05) is 30.3 Å². The Bertz CT molecular complexity index is 614. The number of rotatable bonds is 4. The normalized spacial score (nSPS) is 30.6. The van der Waals surface area contributed by atoms with Crippen molar-refractivity contribution in [1.29, 1.82) is 0 Å². The molecule has 3 aliphatic rings. The molecular formula is C18H23N3O2. The van der Waals surface area contributed by atoms with Gasteiger partial charge >= 0.3 is 0 Å². The van der Waals surface area contributed by atoms with E-state index in [1.165, 1.54) is 5.56 Å². The maximum atomic E-state index is 12.5. The van der Waals surface area contributed by atoms with Crippen LogP contribution in [0.3, 0.4) is 0 Å². The molecule has 122 valence electrons. The molecule has 2 aliphatic heterocycles. The Morgan fingerprint density at radius 2 is 2.09 bits per heavy atom. The maximum absolute atomic E-state index is 12.5. The fourth-order valence-corrected chi connectivity index (χ4v) is 3.82. The first kappa shape index (κ1) is 14.7. The summed E-state index contributed by atoms with van der Waals surface area (Å²) in [5.41, 5.74) is 0.895. The molecule has 5 nitrogen and oxygen atoms in total. The van der Waals surface area contributed by atoms with Crippen molar-refractivity contribution in [3.63, 3.8) is 0 Å². The maximum Gasteiger partial charge on any atom is 0.242 e. The summed E-state index contributed by atoms with van der Waals surface area (Å²) in [6, 6.07) is 10.3. The molecule has 0 unspecified atom stereocenters. The molecule has 4 rings (SSSR count). The lowest BCUT2D eigenvalue weighted by Gasteiger charge is -2.21. The molecule has 1 spiro atoms. The second-order valence-electron chi connectivity index (χ2n) is 7.24. The molecule has 1 saturated carbocycles. The summed E-state index contributed by atoms with van der Waals surface area (Å²) in [5.74, 6) is 0.0586. The lowest BCUT2D eigenvalue weighted by molar-refractivity contribution is -0.128. The van der Waals surface area contributed by atoms with Gasteiger partial charge in [0.15, 0.2) is 0 Å². The fraction of sp³-hybridized carbons (Fsp3) is 0.556. The highest BCUT2D eigenvalue weighted by Crippen LogP contribution is 2.40. The lowest BCUT2D eigenvalue weighted by atomic mass is 9.84. The first-order valence-electron chi connectivity index (χ1n) is 8.52. The van der Waals surface area contributed by atoms with Crippen molar-refractivity contribution in [3.8, 4) is 0 Å². The van der Waals surface area contributed by atoms with Crippen molar-refractivity contribution >= 4 is 11.8 Å². The average Bonchev–Trinajstić information content (AvgIpc) is 3.18. The van der Waals surface area contributed by atoms with Crippen LogP contribution in [0.25, 0.3) is 0 Å². The topological polar surface area (TPSA) is 61.4 Å². The van der Waals surface area contributed by atoms with E-state index >= 15 is 0 Å². The molecule has 1 aliphatic carbocycles. The van der Waals surface area contributed by atoms with Gasteiger partial charge in [-0.15, -0.1) is 0 Å². The van der Waals surface area contributed by atoms with Crippen LogP contribution in [0.15, 0.2) is 30.3 Å². The summed E-state index contributed by atoms with van der Waals surface area (Å²) in [5, 5.41) is 5.93. The van der Waals surface area contributed by atoms with Crippen LogP contribution in [0.5, 0.6) is 0 Å². The number of likely N-dealkylation sites (tertiary alicyclic amines) is 1. The number of amides is 2. The minimum absolute atomic E-state index is 0.000709. The van der Waals surface area contributed by atoms with Gasteiger partial charge in [-0.05, 0) is 37.8 Å². The summed E-state index contributed by atoms with van der Waals surface area (Å²) < 4.78 is 0. The standard InChI is InChI=1S/C18H23N3O2/c22-16(19-14-6-7-14)15-10-18(17(23)20-15)8-9-21(12-18)11-13-4-2-1-3-5-13/h1-5,14-15H,6-12H2,(H,19,22)(H,20,23)/t15-,18+/m0/s1. The number of hydrogen-bond donors (Lipinski definition) is 2. The molecule has 2 saturated heterocycles. The SMILES string of the molecule is O=C(NC1CC1)[C@@H]1C[C@@]2(CCN(Cc3ccccc3)C2)C(=O)N1. The van der Waals surface area contributed by atoms with Crippen molar-refractivity contribution in [3.05, 3.63) is 35.9 Å². The third-order valence-corrected chi connectivity index (χ3v) is 5.30. The van der Waals surface area contributed by atoms with Gasteiger partial charge in [0.25, 0.3) is 0 Å². The van der Waals surface area contributed by atoms with E-state index in [1.807, 2.05) is 18.2 Å². The minimum atomic E-state index is -0.375.